The number of aryl methyl sites for hydroxylation is 1. The molecule has 0 N–H and O–H groups in total. The monoisotopic (exact) mass is 168 g/mol. The third kappa shape index (κ3) is 2.22. The molecule has 0 aliphatic heterocycles. The molecule has 0 atom stereocenters. The average molecular weight is 168 g/mol. The second kappa shape index (κ2) is 4.75. The van der Waals surface area contributed by atoms with E-state index in [4.69, 9.17) is 4.74 Å². The van der Waals surface area contributed by atoms with E-state index in [1.807, 2.05) is 24.3 Å². The van der Waals surface area contributed by atoms with Gasteiger partial charge in [-0.3, -0.25) is 0 Å². The lowest BCUT2D eigenvalue weighted by atomic mass is 10.1. The molecule has 1 aromatic rings. The van der Waals surface area contributed by atoms with E-state index >= 15 is 0 Å². The van der Waals surface area contributed by atoms with Gasteiger partial charge in [0.05, 0.1) is 0 Å². The van der Waals surface area contributed by atoms with Crippen LogP contribution in [0.5, 0.6) is 5.75 Å². The van der Waals surface area contributed by atoms with Gasteiger partial charge in [-0.2, -0.15) is 0 Å². The zero-order valence-electron chi connectivity index (χ0n) is 7.22. The van der Waals surface area contributed by atoms with Gasteiger partial charge in [0.1, 0.15) is 19.0 Å². The molecule has 0 aromatic heterocycles. The van der Waals surface area contributed by atoms with Crippen LogP contribution in [0.2, 0.25) is 0 Å². The number of rotatable bonds is 4. The lowest BCUT2D eigenvalue weighted by molar-refractivity contribution is 0.271. The molecular formula is C10H13FO. The molecule has 0 spiro atoms. The van der Waals surface area contributed by atoms with Crippen molar-refractivity contribution in [1.82, 2.24) is 0 Å². The van der Waals surface area contributed by atoms with Crippen LogP contribution in [-0.4, -0.2) is 13.3 Å². The van der Waals surface area contributed by atoms with Gasteiger partial charge in [-0.15, -0.1) is 0 Å². The number of para-hydroxylation sites is 1. The Morgan fingerprint density at radius 3 is 2.75 bits per heavy atom. The molecule has 2 heteroatoms. The van der Waals surface area contributed by atoms with Crippen molar-refractivity contribution in [2.45, 2.75) is 13.3 Å². The molecule has 12 heavy (non-hydrogen) atoms. The molecular weight excluding hydrogens is 155 g/mol. The number of ether oxygens (including phenoxy) is 1. The van der Waals surface area contributed by atoms with Crippen LogP contribution in [-0.2, 0) is 6.42 Å². The largest absolute Gasteiger partial charge is 0.491 e. The van der Waals surface area contributed by atoms with E-state index in [0.717, 1.165) is 17.7 Å². The maximum Gasteiger partial charge on any atom is 0.123 e. The molecule has 0 saturated heterocycles. The fourth-order valence-corrected chi connectivity index (χ4v) is 1.09. The van der Waals surface area contributed by atoms with Gasteiger partial charge in [0, 0.05) is 0 Å². The zero-order valence-corrected chi connectivity index (χ0v) is 7.22. The Morgan fingerprint density at radius 2 is 2.08 bits per heavy atom. The summed E-state index contributed by atoms with van der Waals surface area (Å²) in [4.78, 5) is 0. The van der Waals surface area contributed by atoms with Crippen LogP contribution in [0.15, 0.2) is 24.3 Å². The van der Waals surface area contributed by atoms with Crippen LogP contribution in [0.4, 0.5) is 4.39 Å². The summed E-state index contributed by atoms with van der Waals surface area (Å²) in [5, 5.41) is 0. The number of hydrogen-bond acceptors (Lipinski definition) is 1. The maximum absolute atomic E-state index is 11.8. The fraction of sp³-hybridized carbons (Fsp3) is 0.400. The molecule has 0 fully saturated rings. The Bertz CT molecular complexity index is 235. The SMILES string of the molecule is CCc1ccccc1OCCF. The van der Waals surface area contributed by atoms with E-state index in [-0.39, 0.29) is 6.61 Å². The van der Waals surface area contributed by atoms with Gasteiger partial charge >= 0.3 is 0 Å². The van der Waals surface area contributed by atoms with Crippen molar-refractivity contribution in [2.75, 3.05) is 13.3 Å². The Hall–Kier alpha value is -1.05. The molecule has 0 amide bonds. The van der Waals surface area contributed by atoms with Gasteiger partial charge in [-0.05, 0) is 18.1 Å². The van der Waals surface area contributed by atoms with E-state index in [1.165, 1.54) is 0 Å². The number of benzene rings is 1. The Balaban J connectivity index is 2.68. The highest BCUT2D eigenvalue weighted by Crippen LogP contribution is 2.17. The van der Waals surface area contributed by atoms with E-state index in [2.05, 4.69) is 6.92 Å². The summed E-state index contributed by atoms with van der Waals surface area (Å²) in [7, 11) is 0. The first kappa shape index (κ1) is 9.04. The van der Waals surface area contributed by atoms with E-state index in [0.29, 0.717) is 0 Å². The zero-order chi connectivity index (χ0) is 8.81. The van der Waals surface area contributed by atoms with Crippen molar-refractivity contribution in [3.05, 3.63) is 29.8 Å². The van der Waals surface area contributed by atoms with E-state index in [9.17, 15) is 4.39 Å². The van der Waals surface area contributed by atoms with Crippen molar-refractivity contribution in [2.24, 2.45) is 0 Å². The predicted molar refractivity (Wildman–Crippen MR) is 47.3 cm³/mol. The summed E-state index contributed by atoms with van der Waals surface area (Å²) in [5.41, 5.74) is 1.13. The highest BCUT2D eigenvalue weighted by atomic mass is 19.1. The molecule has 66 valence electrons. The van der Waals surface area contributed by atoms with Crippen molar-refractivity contribution in [3.8, 4) is 5.75 Å². The summed E-state index contributed by atoms with van der Waals surface area (Å²) < 4.78 is 17.0. The highest BCUT2D eigenvalue weighted by molar-refractivity contribution is 5.33. The van der Waals surface area contributed by atoms with Crippen LogP contribution in [0.25, 0.3) is 0 Å². The molecule has 0 aliphatic rings. The average Bonchev–Trinajstić information content (AvgIpc) is 2.15. The van der Waals surface area contributed by atoms with Crippen LogP contribution in [0, 0.1) is 0 Å². The van der Waals surface area contributed by atoms with Gasteiger partial charge in [-0.1, -0.05) is 25.1 Å². The third-order valence-corrected chi connectivity index (χ3v) is 1.69. The first-order valence-electron chi connectivity index (χ1n) is 4.15. The molecule has 0 aliphatic carbocycles. The first-order chi connectivity index (χ1) is 5.88. The second-order valence-corrected chi connectivity index (χ2v) is 2.50. The first-order valence-corrected chi connectivity index (χ1v) is 4.15. The van der Waals surface area contributed by atoms with Gasteiger partial charge in [0.15, 0.2) is 0 Å². The molecule has 0 radical (unpaired) electrons. The van der Waals surface area contributed by atoms with Crippen molar-refractivity contribution < 1.29 is 9.13 Å². The summed E-state index contributed by atoms with van der Waals surface area (Å²) in [6.45, 7) is 1.77. The molecule has 1 aromatic carbocycles. The molecule has 1 rings (SSSR count). The maximum atomic E-state index is 11.8. The highest BCUT2D eigenvalue weighted by Gasteiger charge is 1.98. The fourth-order valence-electron chi connectivity index (χ4n) is 1.09. The minimum absolute atomic E-state index is 0.150. The van der Waals surface area contributed by atoms with Crippen LogP contribution >= 0.6 is 0 Å². The minimum atomic E-state index is -0.432. The number of hydrogen-bond donors (Lipinski definition) is 0. The number of alkyl halides is 1. The standard InChI is InChI=1S/C10H13FO/c1-2-9-5-3-4-6-10(9)12-8-7-11/h3-6H,2,7-8H2,1H3. The van der Waals surface area contributed by atoms with Crippen LogP contribution in [0.3, 0.4) is 0 Å². The molecule has 0 bridgehead atoms. The number of halogens is 1. The second-order valence-electron chi connectivity index (χ2n) is 2.50. The van der Waals surface area contributed by atoms with Gasteiger partial charge in [0.25, 0.3) is 0 Å². The summed E-state index contributed by atoms with van der Waals surface area (Å²) in [6, 6.07) is 7.72. The van der Waals surface area contributed by atoms with E-state index < -0.39 is 6.67 Å². The van der Waals surface area contributed by atoms with Crippen molar-refractivity contribution >= 4 is 0 Å². The molecule has 0 heterocycles. The predicted octanol–water partition coefficient (Wildman–Crippen LogP) is 2.60. The molecule has 0 saturated carbocycles. The Kier molecular flexibility index (Phi) is 3.58. The topological polar surface area (TPSA) is 9.23 Å². The normalized spacial score (nSPS) is 9.83. The van der Waals surface area contributed by atoms with Crippen LogP contribution in [0.1, 0.15) is 12.5 Å². The van der Waals surface area contributed by atoms with Crippen LogP contribution < -0.4 is 4.74 Å². The van der Waals surface area contributed by atoms with E-state index in [1.54, 1.807) is 0 Å². The Labute approximate surface area is 72.2 Å². The smallest absolute Gasteiger partial charge is 0.123 e. The lowest BCUT2D eigenvalue weighted by Crippen LogP contribution is -2.00. The quantitative estimate of drug-likeness (QED) is 0.671. The summed E-state index contributed by atoms with van der Waals surface area (Å²) in [5.74, 6) is 0.803. The van der Waals surface area contributed by atoms with Gasteiger partial charge in [-0.25, -0.2) is 4.39 Å². The lowest BCUT2D eigenvalue weighted by Gasteiger charge is -2.07. The van der Waals surface area contributed by atoms with Gasteiger partial charge < -0.3 is 4.74 Å². The molecule has 1 nitrogen and oxygen atoms in total. The molecule has 0 unspecified atom stereocenters. The van der Waals surface area contributed by atoms with Crippen molar-refractivity contribution in [1.29, 1.82) is 0 Å². The van der Waals surface area contributed by atoms with Crippen molar-refractivity contribution in [3.63, 3.8) is 0 Å². The van der Waals surface area contributed by atoms with Gasteiger partial charge in [0.2, 0.25) is 0 Å². The third-order valence-electron chi connectivity index (χ3n) is 1.69. The summed E-state index contributed by atoms with van der Waals surface area (Å²) in [6.07, 6.45) is 0.919. The Morgan fingerprint density at radius 1 is 1.33 bits per heavy atom. The summed E-state index contributed by atoms with van der Waals surface area (Å²) >= 11 is 0. The minimum Gasteiger partial charge on any atom is -0.491 e.